The zero-order valence-electron chi connectivity index (χ0n) is 12.9. The number of amides is 1. The maximum Gasteiger partial charge on any atom is 0.254 e. The Balaban J connectivity index is 1.78. The molecule has 8 heteroatoms. The Hall–Kier alpha value is -0.570. The lowest BCUT2D eigenvalue weighted by Gasteiger charge is -2.43. The number of hydrogen-bond acceptors (Lipinski definition) is 4. The van der Waals surface area contributed by atoms with E-state index in [2.05, 4.69) is 15.9 Å². The molecule has 5 nitrogen and oxygen atoms in total. The van der Waals surface area contributed by atoms with Crippen molar-refractivity contribution in [2.45, 2.75) is 17.7 Å². The number of thioether (sulfide) groups is 1. The summed E-state index contributed by atoms with van der Waals surface area (Å²) in [4.78, 5) is 14.6. The van der Waals surface area contributed by atoms with Crippen LogP contribution in [0, 0.1) is 0 Å². The van der Waals surface area contributed by atoms with Crippen LogP contribution in [-0.4, -0.2) is 60.0 Å². The van der Waals surface area contributed by atoms with Crippen LogP contribution in [0.25, 0.3) is 0 Å². The van der Waals surface area contributed by atoms with Gasteiger partial charge in [0.05, 0.1) is 11.1 Å². The molecule has 0 radical (unpaired) electrons. The highest BCUT2D eigenvalue weighted by molar-refractivity contribution is 9.10. The Morgan fingerprint density at radius 1 is 1.17 bits per heavy atom. The molecule has 23 heavy (non-hydrogen) atoms. The third-order valence-corrected chi connectivity index (χ3v) is 7.87. The average molecular weight is 419 g/mol. The first-order chi connectivity index (χ1) is 10.8. The molecular weight excluding hydrogens is 400 g/mol. The number of rotatable bonds is 2. The third kappa shape index (κ3) is 3.45. The predicted molar refractivity (Wildman–Crippen MR) is 96.0 cm³/mol. The van der Waals surface area contributed by atoms with E-state index in [0.29, 0.717) is 31.5 Å². The molecule has 1 amide bonds. The number of piperidine rings is 1. The van der Waals surface area contributed by atoms with E-state index in [9.17, 15) is 13.2 Å². The molecule has 126 valence electrons. The van der Waals surface area contributed by atoms with Gasteiger partial charge in [0.15, 0.2) is 0 Å². The Labute approximate surface area is 149 Å². The van der Waals surface area contributed by atoms with Crippen LogP contribution >= 0.6 is 27.7 Å². The Kier molecular flexibility index (Phi) is 4.79. The SMILES string of the molecule is CS(=O)(=O)N1CCC2(CC1)SCCN2C(=O)c1ccc(Br)cc1. The molecule has 0 saturated carbocycles. The maximum atomic E-state index is 12.9. The van der Waals surface area contributed by atoms with Gasteiger partial charge >= 0.3 is 0 Å². The lowest BCUT2D eigenvalue weighted by Crippen LogP contribution is -2.53. The first-order valence-corrected chi connectivity index (χ1v) is 11.1. The van der Waals surface area contributed by atoms with Gasteiger partial charge < -0.3 is 4.90 Å². The summed E-state index contributed by atoms with van der Waals surface area (Å²) >= 11 is 5.17. The second kappa shape index (κ2) is 6.38. The fourth-order valence-electron chi connectivity index (χ4n) is 3.23. The first kappa shape index (κ1) is 17.3. The molecule has 2 heterocycles. The van der Waals surface area contributed by atoms with Crippen LogP contribution in [-0.2, 0) is 10.0 Å². The molecule has 3 rings (SSSR count). The summed E-state index contributed by atoms with van der Waals surface area (Å²) < 4.78 is 25.8. The molecule has 2 saturated heterocycles. The van der Waals surface area contributed by atoms with E-state index in [1.54, 1.807) is 11.8 Å². The highest BCUT2D eigenvalue weighted by Crippen LogP contribution is 2.44. The Bertz CT molecular complexity index is 698. The first-order valence-electron chi connectivity index (χ1n) is 7.48. The number of benzene rings is 1. The van der Waals surface area contributed by atoms with Crippen LogP contribution in [0.5, 0.6) is 0 Å². The van der Waals surface area contributed by atoms with Gasteiger partial charge in [0.1, 0.15) is 0 Å². The number of sulfonamides is 1. The third-order valence-electron chi connectivity index (χ3n) is 4.49. The highest BCUT2D eigenvalue weighted by Gasteiger charge is 2.47. The van der Waals surface area contributed by atoms with E-state index >= 15 is 0 Å². The maximum absolute atomic E-state index is 12.9. The molecule has 2 aliphatic rings. The van der Waals surface area contributed by atoms with Crippen LogP contribution < -0.4 is 0 Å². The Morgan fingerprint density at radius 3 is 2.35 bits per heavy atom. The van der Waals surface area contributed by atoms with Gasteiger partial charge in [-0.2, -0.15) is 0 Å². The van der Waals surface area contributed by atoms with Crippen LogP contribution in [0.2, 0.25) is 0 Å². The van der Waals surface area contributed by atoms with Crippen LogP contribution in [0.4, 0.5) is 0 Å². The van der Waals surface area contributed by atoms with Crippen LogP contribution in [0.3, 0.4) is 0 Å². The van der Waals surface area contributed by atoms with Gasteiger partial charge in [0.25, 0.3) is 5.91 Å². The second-order valence-electron chi connectivity index (χ2n) is 5.92. The second-order valence-corrected chi connectivity index (χ2v) is 10.3. The lowest BCUT2D eigenvalue weighted by atomic mass is 10.0. The molecular formula is C15H19BrN2O3S2. The quantitative estimate of drug-likeness (QED) is 0.739. The van der Waals surface area contributed by atoms with E-state index in [1.807, 2.05) is 29.2 Å². The van der Waals surface area contributed by atoms with Gasteiger partial charge in [0, 0.05) is 35.4 Å². The zero-order chi connectivity index (χ0) is 16.7. The van der Waals surface area contributed by atoms with Crippen molar-refractivity contribution in [1.82, 2.24) is 9.21 Å². The van der Waals surface area contributed by atoms with Crippen molar-refractivity contribution in [2.24, 2.45) is 0 Å². The smallest absolute Gasteiger partial charge is 0.254 e. The summed E-state index contributed by atoms with van der Waals surface area (Å²) in [6, 6.07) is 7.40. The lowest BCUT2D eigenvalue weighted by molar-refractivity contribution is 0.0605. The van der Waals surface area contributed by atoms with Gasteiger partial charge in [-0.15, -0.1) is 11.8 Å². The fourth-order valence-corrected chi connectivity index (χ4v) is 5.79. The van der Waals surface area contributed by atoms with Crippen molar-refractivity contribution >= 4 is 43.6 Å². The van der Waals surface area contributed by atoms with Crippen molar-refractivity contribution in [3.63, 3.8) is 0 Å². The summed E-state index contributed by atoms with van der Waals surface area (Å²) in [5.41, 5.74) is 0.681. The van der Waals surface area contributed by atoms with Crippen LogP contribution in [0.15, 0.2) is 28.7 Å². The zero-order valence-corrected chi connectivity index (χ0v) is 16.1. The summed E-state index contributed by atoms with van der Waals surface area (Å²) in [7, 11) is -3.15. The van der Waals surface area contributed by atoms with Gasteiger partial charge in [-0.1, -0.05) is 15.9 Å². The molecule has 0 aromatic heterocycles. The van der Waals surface area contributed by atoms with Gasteiger partial charge in [-0.25, -0.2) is 12.7 Å². The van der Waals surface area contributed by atoms with E-state index in [-0.39, 0.29) is 10.8 Å². The summed E-state index contributed by atoms with van der Waals surface area (Å²) in [5.74, 6) is 0.941. The monoisotopic (exact) mass is 418 g/mol. The van der Waals surface area contributed by atoms with Crippen molar-refractivity contribution in [1.29, 1.82) is 0 Å². The molecule has 1 aromatic carbocycles. The normalized spacial score (nSPS) is 21.7. The van der Waals surface area contributed by atoms with Gasteiger partial charge in [-0.05, 0) is 37.1 Å². The van der Waals surface area contributed by atoms with E-state index in [0.717, 1.165) is 16.8 Å². The minimum atomic E-state index is -3.15. The van der Waals surface area contributed by atoms with E-state index in [1.165, 1.54) is 10.6 Å². The molecule has 0 N–H and O–H groups in total. The summed E-state index contributed by atoms with van der Waals surface area (Å²) in [5, 5.41) is 0. The summed E-state index contributed by atoms with van der Waals surface area (Å²) in [6.07, 6.45) is 2.62. The number of carbonyl (C=O) groups is 1. The topological polar surface area (TPSA) is 57.7 Å². The molecule has 0 atom stereocenters. The highest BCUT2D eigenvalue weighted by atomic mass is 79.9. The number of hydrogen-bond donors (Lipinski definition) is 0. The number of carbonyl (C=O) groups excluding carboxylic acids is 1. The van der Waals surface area contributed by atoms with Gasteiger partial charge in [0.2, 0.25) is 10.0 Å². The van der Waals surface area contributed by atoms with Crippen molar-refractivity contribution in [2.75, 3.05) is 31.6 Å². The molecule has 2 fully saturated rings. The fraction of sp³-hybridized carbons (Fsp3) is 0.533. The van der Waals surface area contributed by atoms with Crippen molar-refractivity contribution in [3.8, 4) is 0 Å². The van der Waals surface area contributed by atoms with Crippen molar-refractivity contribution < 1.29 is 13.2 Å². The molecule has 0 aliphatic carbocycles. The summed E-state index contributed by atoms with van der Waals surface area (Å²) in [6.45, 7) is 1.68. The predicted octanol–water partition coefficient (Wildman–Crippen LogP) is 2.39. The minimum Gasteiger partial charge on any atom is -0.323 e. The minimum absolute atomic E-state index is 0.0373. The molecule has 0 unspecified atom stereocenters. The van der Waals surface area contributed by atoms with E-state index in [4.69, 9.17) is 0 Å². The number of nitrogens with zero attached hydrogens (tertiary/aromatic N) is 2. The molecule has 1 aromatic rings. The number of halogens is 1. The van der Waals surface area contributed by atoms with Crippen molar-refractivity contribution in [3.05, 3.63) is 34.3 Å². The van der Waals surface area contributed by atoms with E-state index < -0.39 is 10.0 Å². The molecule has 1 spiro atoms. The Morgan fingerprint density at radius 2 is 1.78 bits per heavy atom. The largest absolute Gasteiger partial charge is 0.323 e. The van der Waals surface area contributed by atoms with Gasteiger partial charge in [-0.3, -0.25) is 4.79 Å². The molecule has 0 bridgehead atoms. The standard InChI is InChI=1S/C15H19BrN2O3S2/c1-23(20,21)17-8-6-15(7-9-17)18(10-11-22-15)14(19)12-2-4-13(16)5-3-12/h2-5H,6-11H2,1H3. The average Bonchev–Trinajstić information content (AvgIpc) is 2.90. The van der Waals surface area contributed by atoms with Crippen LogP contribution in [0.1, 0.15) is 23.2 Å². The molecule has 2 aliphatic heterocycles.